The number of hydrogen-bond donors (Lipinski definition) is 2. The fourth-order valence-corrected chi connectivity index (χ4v) is 6.84. The number of aliphatic imine (C=N–C) groups is 1. The number of aliphatic hydroxyl groups is 1. The summed E-state index contributed by atoms with van der Waals surface area (Å²) in [5, 5.41) is 16.4. The molecule has 0 saturated carbocycles. The molecule has 0 unspecified atom stereocenters. The molecule has 2 atom stereocenters. The molecule has 51 heavy (non-hydrogen) atoms. The second-order valence-corrected chi connectivity index (χ2v) is 12.5. The summed E-state index contributed by atoms with van der Waals surface area (Å²) < 4.78 is 12.5. The van der Waals surface area contributed by atoms with Gasteiger partial charge in [0.05, 0.1) is 19.2 Å². The number of nitrogens with one attached hydrogen (secondary N) is 1. The van der Waals surface area contributed by atoms with Crippen molar-refractivity contribution < 1.29 is 19.4 Å². The summed E-state index contributed by atoms with van der Waals surface area (Å²) in [6, 6.07) is 40.7. The predicted octanol–water partition coefficient (Wildman–Crippen LogP) is 8.50. The SMILES string of the molecule is [N-]=[N+]=NCc1ccccc1[C@H]1OC(c2ccc(OCCCO)cc2)=N[C@@]1(C/C=C/c1ccccc1)C(=O)NC1c2ccccc2-c2ccccc21. The number of ether oxygens (including phenoxy) is 2. The third kappa shape index (κ3) is 6.85. The van der Waals surface area contributed by atoms with Crippen LogP contribution in [0.4, 0.5) is 0 Å². The van der Waals surface area contributed by atoms with Gasteiger partial charge in [-0.2, -0.15) is 0 Å². The molecule has 254 valence electrons. The lowest BCUT2D eigenvalue weighted by molar-refractivity contribution is -0.129. The number of benzene rings is 5. The summed E-state index contributed by atoms with van der Waals surface area (Å²) in [5.74, 6) is 0.672. The van der Waals surface area contributed by atoms with Crippen LogP contribution in [0.5, 0.6) is 5.75 Å². The highest BCUT2D eigenvalue weighted by molar-refractivity contribution is 6.01. The maximum Gasteiger partial charge on any atom is 0.253 e. The van der Waals surface area contributed by atoms with Crippen molar-refractivity contribution in [2.45, 2.75) is 37.1 Å². The number of aliphatic hydroxyl groups excluding tert-OH is 1. The van der Waals surface area contributed by atoms with Gasteiger partial charge < -0.3 is 19.9 Å². The van der Waals surface area contributed by atoms with Crippen LogP contribution in [0.1, 0.15) is 58.4 Å². The first kappa shape index (κ1) is 33.4. The molecular formula is C42H37N5O4. The standard InChI is InChI=1S/C42H37N5O4/c43-47-44-28-31-15-4-5-16-33(31)39-42(25-10-14-29-12-2-1-3-13-29,46-40(51-39)30-21-23-32(24-22-30)50-27-11-26-48)41(49)45-38-36-19-8-6-17-34(36)35-18-7-9-20-37(35)38/h1-10,12-24,38-39,48H,11,25-28H2,(H,45,49)/b14-10+/t39-,42-/m1/s1. The summed E-state index contributed by atoms with van der Waals surface area (Å²) in [7, 11) is 0. The molecule has 1 aliphatic heterocycles. The lowest BCUT2D eigenvalue weighted by Crippen LogP contribution is -2.49. The minimum Gasteiger partial charge on any atom is -0.494 e. The van der Waals surface area contributed by atoms with Gasteiger partial charge in [-0.05, 0) is 68.7 Å². The Morgan fingerprint density at radius 1 is 0.882 bits per heavy atom. The van der Waals surface area contributed by atoms with E-state index in [1.165, 1.54) is 0 Å². The van der Waals surface area contributed by atoms with Crippen molar-refractivity contribution in [2.24, 2.45) is 10.1 Å². The third-order valence-corrected chi connectivity index (χ3v) is 9.32. The lowest BCUT2D eigenvalue weighted by Gasteiger charge is -2.32. The molecule has 0 spiro atoms. The molecule has 0 saturated heterocycles. The number of carbonyl (C=O) groups excluding carboxylic acids is 1. The Hall–Kier alpha value is -6.15. The Morgan fingerprint density at radius 2 is 1.53 bits per heavy atom. The molecule has 2 N–H and O–H groups in total. The molecule has 9 heteroatoms. The number of carbonyl (C=O) groups is 1. The van der Waals surface area contributed by atoms with Crippen LogP contribution >= 0.6 is 0 Å². The number of amides is 1. The highest BCUT2D eigenvalue weighted by Gasteiger charge is 2.54. The van der Waals surface area contributed by atoms with Crippen LogP contribution in [0, 0.1) is 0 Å². The van der Waals surface area contributed by atoms with Gasteiger partial charge in [-0.25, -0.2) is 4.99 Å². The molecule has 1 amide bonds. The number of fused-ring (bicyclic) bond motifs is 3. The van der Waals surface area contributed by atoms with Crippen molar-refractivity contribution in [3.8, 4) is 16.9 Å². The highest BCUT2D eigenvalue weighted by Crippen LogP contribution is 2.47. The maximum atomic E-state index is 15.2. The Balaban J connectivity index is 1.34. The largest absolute Gasteiger partial charge is 0.494 e. The van der Waals surface area contributed by atoms with Crippen molar-refractivity contribution in [3.63, 3.8) is 0 Å². The van der Waals surface area contributed by atoms with Crippen LogP contribution in [0.25, 0.3) is 27.6 Å². The van der Waals surface area contributed by atoms with E-state index in [1.807, 2.05) is 115 Å². The monoisotopic (exact) mass is 675 g/mol. The zero-order chi connectivity index (χ0) is 35.0. The van der Waals surface area contributed by atoms with Crippen molar-refractivity contribution in [2.75, 3.05) is 13.2 Å². The number of rotatable bonds is 13. The van der Waals surface area contributed by atoms with Crippen molar-refractivity contribution >= 4 is 17.9 Å². The number of hydrogen-bond acceptors (Lipinski definition) is 6. The first-order valence-corrected chi connectivity index (χ1v) is 17.0. The van der Waals surface area contributed by atoms with Gasteiger partial charge in [0.25, 0.3) is 5.91 Å². The molecule has 5 aromatic rings. The molecule has 2 aliphatic rings. The fraction of sp³-hybridized carbons (Fsp3) is 0.190. The van der Waals surface area contributed by atoms with Gasteiger partial charge in [-0.15, -0.1) is 0 Å². The quantitative estimate of drug-likeness (QED) is 0.0561. The first-order chi connectivity index (χ1) is 25.1. The van der Waals surface area contributed by atoms with Gasteiger partial charge in [0.1, 0.15) is 5.75 Å². The molecule has 0 fully saturated rings. The predicted molar refractivity (Wildman–Crippen MR) is 198 cm³/mol. The number of azide groups is 1. The molecule has 0 bridgehead atoms. The second kappa shape index (κ2) is 15.2. The Labute approximate surface area is 296 Å². The Kier molecular flexibility index (Phi) is 9.92. The highest BCUT2D eigenvalue weighted by atomic mass is 16.5. The zero-order valence-corrected chi connectivity index (χ0v) is 27.9. The van der Waals surface area contributed by atoms with Gasteiger partial charge in [-0.3, -0.25) is 4.79 Å². The Morgan fingerprint density at radius 3 is 2.22 bits per heavy atom. The van der Waals surface area contributed by atoms with E-state index in [4.69, 9.17) is 19.6 Å². The summed E-state index contributed by atoms with van der Waals surface area (Å²) >= 11 is 0. The van der Waals surface area contributed by atoms with Gasteiger partial charge in [0.15, 0.2) is 11.6 Å². The second-order valence-electron chi connectivity index (χ2n) is 12.5. The summed E-state index contributed by atoms with van der Waals surface area (Å²) in [5.41, 5.74) is 15.1. The molecule has 0 radical (unpaired) electrons. The van der Waals surface area contributed by atoms with E-state index in [-0.39, 0.29) is 25.5 Å². The van der Waals surface area contributed by atoms with E-state index >= 15 is 4.79 Å². The normalized spacial score (nSPS) is 17.6. The third-order valence-electron chi connectivity index (χ3n) is 9.32. The van der Waals surface area contributed by atoms with Crippen LogP contribution in [0.15, 0.2) is 144 Å². The molecule has 9 nitrogen and oxygen atoms in total. The summed E-state index contributed by atoms with van der Waals surface area (Å²) in [4.78, 5) is 23.4. The smallest absolute Gasteiger partial charge is 0.253 e. The van der Waals surface area contributed by atoms with Crippen molar-refractivity contribution in [1.82, 2.24) is 5.32 Å². The van der Waals surface area contributed by atoms with Crippen LogP contribution in [0.2, 0.25) is 0 Å². The van der Waals surface area contributed by atoms with E-state index < -0.39 is 17.7 Å². The average Bonchev–Trinajstić information content (AvgIpc) is 3.72. The van der Waals surface area contributed by atoms with Crippen molar-refractivity contribution in [1.29, 1.82) is 0 Å². The first-order valence-electron chi connectivity index (χ1n) is 17.0. The molecule has 5 aromatic carbocycles. The van der Waals surface area contributed by atoms with E-state index in [2.05, 4.69) is 39.6 Å². The van der Waals surface area contributed by atoms with Crippen LogP contribution in [0.3, 0.4) is 0 Å². The minimum atomic E-state index is -1.45. The van der Waals surface area contributed by atoms with E-state index in [0.717, 1.165) is 33.4 Å². The molecular weight excluding hydrogens is 638 g/mol. The Bertz CT molecular complexity index is 2080. The molecule has 0 aromatic heterocycles. The van der Waals surface area contributed by atoms with E-state index in [0.29, 0.717) is 35.8 Å². The van der Waals surface area contributed by atoms with Gasteiger partial charge >= 0.3 is 0 Å². The van der Waals surface area contributed by atoms with Gasteiger partial charge in [0.2, 0.25) is 5.90 Å². The van der Waals surface area contributed by atoms with E-state index in [9.17, 15) is 5.53 Å². The van der Waals surface area contributed by atoms with Gasteiger partial charge in [0, 0.05) is 29.9 Å². The van der Waals surface area contributed by atoms with Gasteiger partial charge in [-0.1, -0.05) is 120 Å². The maximum absolute atomic E-state index is 15.2. The minimum absolute atomic E-state index is 0.0478. The summed E-state index contributed by atoms with van der Waals surface area (Å²) in [6.45, 7) is 0.524. The van der Waals surface area contributed by atoms with Crippen LogP contribution < -0.4 is 10.1 Å². The molecule has 7 rings (SSSR count). The average molecular weight is 676 g/mol. The molecule has 1 heterocycles. The van der Waals surface area contributed by atoms with Crippen LogP contribution in [-0.2, 0) is 16.1 Å². The fourth-order valence-electron chi connectivity index (χ4n) is 6.84. The zero-order valence-electron chi connectivity index (χ0n) is 27.9. The molecule has 1 aliphatic carbocycles. The van der Waals surface area contributed by atoms with Crippen LogP contribution in [-0.4, -0.2) is 35.7 Å². The van der Waals surface area contributed by atoms with Crippen molar-refractivity contribution in [3.05, 3.63) is 177 Å². The van der Waals surface area contributed by atoms with E-state index in [1.54, 1.807) is 0 Å². The number of nitrogens with zero attached hydrogens (tertiary/aromatic N) is 4. The topological polar surface area (TPSA) is 129 Å². The summed E-state index contributed by atoms with van der Waals surface area (Å²) in [6.07, 6.45) is 3.85. The lowest BCUT2D eigenvalue weighted by atomic mass is 9.82.